The fraction of sp³-hybridized carbons (Fsp3) is 0.500. The molecule has 0 saturated carbocycles. The van der Waals surface area contributed by atoms with Crippen LogP contribution in [0.3, 0.4) is 0 Å². The second-order valence-electron chi connectivity index (χ2n) is 3.49. The molecule has 90 valence electrons. The second-order valence-corrected chi connectivity index (χ2v) is 4.48. The number of aliphatic hydroxyl groups excluding tert-OH is 2. The molecule has 1 rings (SSSR count). The summed E-state index contributed by atoms with van der Waals surface area (Å²) in [4.78, 5) is 11.1. The van der Waals surface area contributed by atoms with E-state index in [4.69, 9.17) is 5.11 Å². The van der Waals surface area contributed by atoms with E-state index in [0.717, 1.165) is 0 Å². The van der Waals surface area contributed by atoms with Crippen molar-refractivity contribution < 1.29 is 20.1 Å². The van der Waals surface area contributed by atoms with Crippen LogP contribution in [0.2, 0.25) is 0 Å². The zero-order valence-electron chi connectivity index (χ0n) is 8.88. The van der Waals surface area contributed by atoms with E-state index in [1.54, 1.807) is 18.5 Å². The smallest absolute Gasteiger partial charge is 0.308 e. The topological polar surface area (TPSA) is 89.8 Å². The van der Waals surface area contributed by atoms with E-state index < -0.39 is 18.2 Å². The van der Waals surface area contributed by atoms with Gasteiger partial charge in [-0.15, -0.1) is 11.3 Å². The summed E-state index contributed by atoms with van der Waals surface area (Å²) in [5.74, 6) is -0.904. The van der Waals surface area contributed by atoms with Gasteiger partial charge in [0.15, 0.2) is 0 Å². The Morgan fingerprint density at radius 2 is 2.25 bits per heavy atom. The van der Waals surface area contributed by atoms with Crippen molar-refractivity contribution in [3.63, 3.8) is 0 Å². The quantitative estimate of drug-likeness (QED) is 0.566. The van der Waals surface area contributed by atoms with Gasteiger partial charge in [0.25, 0.3) is 0 Å². The van der Waals surface area contributed by atoms with Crippen LogP contribution in [0.5, 0.6) is 0 Å². The van der Waals surface area contributed by atoms with E-state index in [2.05, 4.69) is 5.32 Å². The minimum absolute atomic E-state index is 0.0560. The number of likely N-dealkylation sites (N-methyl/N-ethyl adjacent to an activating group) is 1. The van der Waals surface area contributed by atoms with Crippen LogP contribution < -0.4 is 5.32 Å². The van der Waals surface area contributed by atoms with Gasteiger partial charge in [-0.2, -0.15) is 0 Å². The molecule has 0 amide bonds. The molecular formula is C10H15NO4S. The molecule has 0 aliphatic carbocycles. The molecule has 0 aromatic carbocycles. The fourth-order valence-electron chi connectivity index (χ4n) is 1.34. The van der Waals surface area contributed by atoms with Crippen LogP contribution in [0, 0.1) is 0 Å². The Hall–Kier alpha value is -0.950. The second kappa shape index (κ2) is 5.95. The molecule has 1 aromatic rings. The lowest BCUT2D eigenvalue weighted by atomic mass is 10.1. The predicted octanol–water partition coefficient (Wildman–Crippen LogP) is -0.0111. The molecule has 2 unspecified atom stereocenters. The van der Waals surface area contributed by atoms with E-state index in [-0.39, 0.29) is 13.0 Å². The van der Waals surface area contributed by atoms with Crippen molar-refractivity contribution in [1.82, 2.24) is 5.32 Å². The molecule has 0 fully saturated rings. The van der Waals surface area contributed by atoms with Gasteiger partial charge in [0.05, 0.1) is 12.5 Å². The first-order valence-electron chi connectivity index (χ1n) is 4.84. The molecular weight excluding hydrogens is 230 g/mol. The molecule has 0 bridgehead atoms. The number of carboxylic acids is 1. The zero-order chi connectivity index (χ0) is 12.1. The van der Waals surface area contributed by atoms with Crippen LogP contribution in [0.15, 0.2) is 11.4 Å². The molecule has 0 spiro atoms. The predicted molar refractivity (Wildman–Crippen MR) is 60.6 cm³/mol. The van der Waals surface area contributed by atoms with Gasteiger partial charge in [-0.05, 0) is 24.1 Å². The molecule has 4 N–H and O–H groups in total. The number of thiophene rings is 1. The normalized spacial score (nSPS) is 14.7. The maximum atomic E-state index is 10.5. The Balaban J connectivity index is 2.65. The largest absolute Gasteiger partial charge is 0.481 e. The summed E-state index contributed by atoms with van der Waals surface area (Å²) in [6, 6.07) is 1.61. The first-order chi connectivity index (χ1) is 7.54. The van der Waals surface area contributed by atoms with Gasteiger partial charge in [-0.1, -0.05) is 0 Å². The van der Waals surface area contributed by atoms with Gasteiger partial charge in [-0.25, -0.2) is 0 Å². The maximum Gasteiger partial charge on any atom is 0.308 e. The van der Waals surface area contributed by atoms with E-state index in [9.17, 15) is 15.0 Å². The summed E-state index contributed by atoms with van der Waals surface area (Å²) in [6.45, 7) is 0.283. The summed E-state index contributed by atoms with van der Waals surface area (Å²) < 4.78 is 0. The zero-order valence-corrected chi connectivity index (χ0v) is 9.70. The molecule has 16 heavy (non-hydrogen) atoms. The van der Waals surface area contributed by atoms with Crippen LogP contribution in [0.25, 0.3) is 0 Å². The first kappa shape index (κ1) is 13.1. The van der Waals surface area contributed by atoms with E-state index in [1.165, 1.54) is 11.3 Å². The maximum absolute atomic E-state index is 10.5. The minimum atomic E-state index is -0.980. The number of carboxylic acid groups (broad SMARTS) is 1. The Bertz CT molecular complexity index is 352. The van der Waals surface area contributed by atoms with Gasteiger partial charge in [0, 0.05) is 11.4 Å². The number of aliphatic hydroxyl groups is 2. The minimum Gasteiger partial charge on any atom is -0.481 e. The number of hydrogen-bond donors (Lipinski definition) is 4. The SMILES string of the molecule is CNCC(O)C(O)c1csc(CC(=O)O)c1. The number of aliphatic carboxylic acids is 1. The Labute approximate surface area is 97.4 Å². The van der Waals surface area contributed by atoms with Gasteiger partial charge in [0.1, 0.15) is 6.10 Å². The fourth-order valence-corrected chi connectivity index (χ4v) is 2.24. The van der Waals surface area contributed by atoms with Gasteiger partial charge in [-0.3, -0.25) is 4.79 Å². The third kappa shape index (κ3) is 3.57. The van der Waals surface area contributed by atoms with Crippen LogP contribution in [-0.2, 0) is 11.2 Å². The van der Waals surface area contributed by atoms with Crippen LogP contribution in [-0.4, -0.2) is 41.0 Å². The standard InChI is InChI=1S/C10H15NO4S/c1-11-4-8(12)10(15)6-2-7(16-5-6)3-9(13)14/h2,5,8,10-12,15H,3-4H2,1H3,(H,13,14). The number of nitrogens with one attached hydrogen (secondary N) is 1. The van der Waals surface area contributed by atoms with Gasteiger partial charge in [0.2, 0.25) is 0 Å². The molecule has 0 aliphatic heterocycles. The highest BCUT2D eigenvalue weighted by Gasteiger charge is 2.19. The Morgan fingerprint density at radius 3 is 2.81 bits per heavy atom. The molecule has 0 aliphatic rings. The van der Waals surface area contributed by atoms with Crippen LogP contribution >= 0.6 is 11.3 Å². The van der Waals surface area contributed by atoms with Crippen molar-refractivity contribution in [2.45, 2.75) is 18.6 Å². The summed E-state index contributed by atoms with van der Waals surface area (Å²) in [5, 5.41) is 32.3. The molecule has 0 saturated heterocycles. The van der Waals surface area contributed by atoms with Crippen molar-refractivity contribution in [2.24, 2.45) is 0 Å². The van der Waals surface area contributed by atoms with Crippen molar-refractivity contribution in [3.05, 3.63) is 21.9 Å². The third-order valence-corrected chi connectivity index (χ3v) is 3.07. The molecule has 0 radical (unpaired) electrons. The lowest BCUT2D eigenvalue weighted by Gasteiger charge is -2.16. The monoisotopic (exact) mass is 245 g/mol. The lowest BCUT2D eigenvalue weighted by Crippen LogP contribution is -2.29. The van der Waals surface area contributed by atoms with Gasteiger partial charge >= 0.3 is 5.97 Å². The summed E-state index contributed by atoms with van der Waals surface area (Å²) in [6.07, 6.45) is -1.93. The number of hydrogen-bond acceptors (Lipinski definition) is 5. The van der Waals surface area contributed by atoms with E-state index in [1.807, 2.05) is 0 Å². The van der Waals surface area contributed by atoms with Crippen LogP contribution in [0.4, 0.5) is 0 Å². The third-order valence-electron chi connectivity index (χ3n) is 2.12. The van der Waals surface area contributed by atoms with Crippen molar-refractivity contribution >= 4 is 17.3 Å². The van der Waals surface area contributed by atoms with Crippen LogP contribution in [0.1, 0.15) is 16.5 Å². The van der Waals surface area contributed by atoms with E-state index in [0.29, 0.717) is 10.4 Å². The molecule has 6 heteroatoms. The average Bonchev–Trinajstić information content (AvgIpc) is 2.64. The molecule has 2 atom stereocenters. The molecule has 5 nitrogen and oxygen atoms in total. The highest BCUT2D eigenvalue weighted by atomic mass is 32.1. The molecule has 1 aromatic heterocycles. The summed E-state index contributed by atoms with van der Waals surface area (Å²) >= 11 is 1.27. The number of rotatable bonds is 6. The van der Waals surface area contributed by atoms with Crippen molar-refractivity contribution in [2.75, 3.05) is 13.6 Å². The van der Waals surface area contributed by atoms with Gasteiger partial charge < -0.3 is 20.6 Å². The Morgan fingerprint density at radius 1 is 1.56 bits per heavy atom. The highest BCUT2D eigenvalue weighted by molar-refractivity contribution is 7.10. The van der Waals surface area contributed by atoms with E-state index >= 15 is 0 Å². The molecule has 1 heterocycles. The lowest BCUT2D eigenvalue weighted by molar-refractivity contribution is -0.136. The highest BCUT2D eigenvalue weighted by Crippen LogP contribution is 2.23. The van der Waals surface area contributed by atoms with Crippen molar-refractivity contribution in [1.29, 1.82) is 0 Å². The first-order valence-corrected chi connectivity index (χ1v) is 5.72. The number of carbonyl (C=O) groups is 1. The Kier molecular flexibility index (Phi) is 4.88. The summed E-state index contributed by atoms with van der Waals surface area (Å²) in [5.41, 5.74) is 0.559. The summed E-state index contributed by atoms with van der Waals surface area (Å²) in [7, 11) is 1.68. The average molecular weight is 245 g/mol. The van der Waals surface area contributed by atoms with Crippen molar-refractivity contribution in [3.8, 4) is 0 Å².